The van der Waals surface area contributed by atoms with Crippen molar-refractivity contribution in [1.82, 2.24) is 4.98 Å². The first-order chi connectivity index (χ1) is 3.80. The number of halogens is 1. The molecule has 0 aliphatic carbocycles. The molecule has 1 rings (SSSR count). The number of H-pyrrole nitrogens is 1. The van der Waals surface area contributed by atoms with Crippen molar-refractivity contribution < 1.29 is 4.79 Å². The largest absolute Gasteiger partial charge is 0.367 e. The van der Waals surface area contributed by atoms with E-state index in [-0.39, 0.29) is 0 Å². The molecule has 3 heteroatoms. The van der Waals surface area contributed by atoms with Crippen LogP contribution in [0.3, 0.4) is 0 Å². The summed E-state index contributed by atoms with van der Waals surface area (Å²) < 4.78 is 0. The molecule has 8 heavy (non-hydrogen) atoms. The Kier molecular flexibility index (Phi) is 1.35. The number of rotatable bonds is 1. The predicted molar refractivity (Wildman–Crippen MR) is 31.0 cm³/mol. The van der Waals surface area contributed by atoms with E-state index in [0.29, 0.717) is 5.56 Å². The van der Waals surface area contributed by atoms with Gasteiger partial charge in [0.05, 0.1) is 5.56 Å². The molecule has 0 aromatic carbocycles. The lowest BCUT2D eigenvalue weighted by Crippen LogP contribution is -1.81. The highest BCUT2D eigenvalue weighted by Crippen LogP contribution is 1.99. The Balaban J connectivity index is 2.93. The van der Waals surface area contributed by atoms with Crippen LogP contribution in [0.5, 0.6) is 0 Å². The first kappa shape index (κ1) is 5.38. The summed E-state index contributed by atoms with van der Waals surface area (Å²) in [6.45, 7) is 0. The maximum Gasteiger partial charge on any atom is 0.253 e. The standard InChI is InChI=1S/C5H4ClNO/c6-5(8)4-1-2-7-3-4/h1-3,7H. The maximum absolute atomic E-state index is 10.3. The van der Waals surface area contributed by atoms with Gasteiger partial charge in [-0.2, -0.15) is 0 Å². The summed E-state index contributed by atoms with van der Waals surface area (Å²) in [6.07, 6.45) is 3.20. The smallest absolute Gasteiger partial charge is 0.253 e. The van der Waals surface area contributed by atoms with Crippen molar-refractivity contribution in [3.05, 3.63) is 24.0 Å². The average Bonchev–Trinajstić information content (AvgIpc) is 2.12. The lowest BCUT2D eigenvalue weighted by molar-refractivity contribution is 0.108. The summed E-state index contributed by atoms with van der Waals surface area (Å²) in [7, 11) is 0. The number of aromatic amines is 1. The third kappa shape index (κ3) is 0.898. The van der Waals surface area contributed by atoms with Crippen molar-refractivity contribution in [2.24, 2.45) is 0 Å². The normalized spacial score (nSPS) is 9.12. The lowest BCUT2D eigenvalue weighted by atomic mass is 10.4. The molecule has 0 bridgehead atoms. The van der Waals surface area contributed by atoms with E-state index in [1.54, 1.807) is 18.5 Å². The van der Waals surface area contributed by atoms with Crippen molar-refractivity contribution >= 4 is 16.8 Å². The first-order valence-electron chi connectivity index (χ1n) is 2.13. The molecule has 0 saturated carbocycles. The van der Waals surface area contributed by atoms with Crippen molar-refractivity contribution in [3.63, 3.8) is 0 Å². The predicted octanol–water partition coefficient (Wildman–Crippen LogP) is 1.39. The number of nitrogens with one attached hydrogen (secondary N) is 1. The van der Waals surface area contributed by atoms with E-state index in [0.717, 1.165) is 0 Å². The zero-order chi connectivity index (χ0) is 5.98. The Morgan fingerprint density at radius 1 is 1.75 bits per heavy atom. The lowest BCUT2D eigenvalue weighted by Gasteiger charge is -1.76. The minimum Gasteiger partial charge on any atom is -0.367 e. The highest BCUT2D eigenvalue weighted by Gasteiger charge is 1.97. The Hall–Kier alpha value is -0.760. The average molecular weight is 130 g/mol. The zero-order valence-electron chi connectivity index (χ0n) is 4.02. The van der Waals surface area contributed by atoms with Crippen LogP contribution in [0.2, 0.25) is 0 Å². The van der Waals surface area contributed by atoms with Gasteiger partial charge in [-0.25, -0.2) is 0 Å². The SMILES string of the molecule is O=C(Cl)c1cc[nH]c1. The quantitative estimate of drug-likeness (QED) is 0.571. The fourth-order valence-electron chi connectivity index (χ4n) is 0.446. The van der Waals surface area contributed by atoms with Crippen LogP contribution in [0.4, 0.5) is 0 Å². The van der Waals surface area contributed by atoms with Crippen molar-refractivity contribution in [2.45, 2.75) is 0 Å². The minimum atomic E-state index is -0.425. The number of aromatic nitrogens is 1. The molecule has 0 aliphatic heterocycles. The van der Waals surface area contributed by atoms with E-state index in [9.17, 15) is 4.79 Å². The number of carbonyl (C=O) groups excluding carboxylic acids is 1. The van der Waals surface area contributed by atoms with E-state index < -0.39 is 5.24 Å². The maximum atomic E-state index is 10.3. The molecule has 0 atom stereocenters. The molecule has 0 spiro atoms. The number of hydrogen-bond acceptors (Lipinski definition) is 1. The van der Waals surface area contributed by atoms with Gasteiger partial charge in [-0.15, -0.1) is 0 Å². The molecule has 1 heterocycles. The third-order valence-electron chi connectivity index (χ3n) is 0.825. The molecule has 0 radical (unpaired) electrons. The van der Waals surface area contributed by atoms with Crippen LogP contribution in [0, 0.1) is 0 Å². The van der Waals surface area contributed by atoms with Crippen LogP contribution in [-0.2, 0) is 0 Å². The fourth-order valence-corrected chi connectivity index (χ4v) is 0.564. The molecule has 2 nitrogen and oxygen atoms in total. The second-order valence-electron chi connectivity index (χ2n) is 1.37. The topological polar surface area (TPSA) is 32.9 Å². The Morgan fingerprint density at radius 2 is 2.50 bits per heavy atom. The van der Waals surface area contributed by atoms with Crippen molar-refractivity contribution in [1.29, 1.82) is 0 Å². The Bertz CT molecular complexity index is 180. The second-order valence-corrected chi connectivity index (χ2v) is 1.72. The van der Waals surface area contributed by atoms with Gasteiger partial charge in [-0.1, -0.05) is 0 Å². The summed E-state index contributed by atoms with van der Waals surface area (Å²) in [6, 6.07) is 1.62. The minimum absolute atomic E-state index is 0.425. The third-order valence-corrected chi connectivity index (χ3v) is 1.04. The van der Waals surface area contributed by atoms with Crippen LogP contribution in [0.1, 0.15) is 10.4 Å². The van der Waals surface area contributed by atoms with E-state index in [1.807, 2.05) is 0 Å². The van der Waals surface area contributed by atoms with E-state index in [1.165, 1.54) is 0 Å². The molecule has 1 aromatic heterocycles. The molecule has 0 saturated heterocycles. The highest BCUT2D eigenvalue weighted by molar-refractivity contribution is 6.67. The summed E-state index contributed by atoms with van der Waals surface area (Å²) in [5.41, 5.74) is 0.506. The molecular weight excluding hydrogens is 126 g/mol. The Morgan fingerprint density at radius 3 is 2.75 bits per heavy atom. The summed E-state index contributed by atoms with van der Waals surface area (Å²) in [4.78, 5) is 13.0. The fraction of sp³-hybridized carbons (Fsp3) is 0. The number of hydrogen-bond donors (Lipinski definition) is 1. The molecule has 0 amide bonds. The highest BCUT2D eigenvalue weighted by atomic mass is 35.5. The van der Waals surface area contributed by atoms with Crippen LogP contribution in [0.25, 0.3) is 0 Å². The van der Waals surface area contributed by atoms with Gasteiger partial charge in [0.2, 0.25) is 0 Å². The summed E-state index contributed by atoms with van der Waals surface area (Å²) in [5, 5.41) is -0.425. The van der Waals surface area contributed by atoms with Crippen molar-refractivity contribution in [2.75, 3.05) is 0 Å². The monoisotopic (exact) mass is 129 g/mol. The Labute approximate surface area is 51.5 Å². The van der Waals surface area contributed by atoms with Gasteiger partial charge in [-0.3, -0.25) is 4.79 Å². The van der Waals surface area contributed by atoms with Gasteiger partial charge in [0.25, 0.3) is 5.24 Å². The zero-order valence-corrected chi connectivity index (χ0v) is 4.77. The van der Waals surface area contributed by atoms with Crippen LogP contribution in [0.15, 0.2) is 18.5 Å². The van der Waals surface area contributed by atoms with Gasteiger partial charge in [0.15, 0.2) is 0 Å². The van der Waals surface area contributed by atoms with Gasteiger partial charge in [0.1, 0.15) is 0 Å². The molecular formula is C5H4ClNO. The molecule has 0 fully saturated rings. The molecule has 1 aromatic rings. The summed E-state index contributed by atoms with van der Waals surface area (Å²) in [5.74, 6) is 0. The van der Waals surface area contributed by atoms with E-state index >= 15 is 0 Å². The molecule has 1 N–H and O–H groups in total. The number of carbonyl (C=O) groups is 1. The van der Waals surface area contributed by atoms with Gasteiger partial charge < -0.3 is 4.98 Å². The molecule has 0 unspecified atom stereocenters. The van der Waals surface area contributed by atoms with Crippen LogP contribution in [-0.4, -0.2) is 10.2 Å². The molecule has 42 valence electrons. The van der Waals surface area contributed by atoms with E-state index in [4.69, 9.17) is 11.6 Å². The van der Waals surface area contributed by atoms with E-state index in [2.05, 4.69) is 4.98 Å². The van der Waals surface area contributed by atoms with Crippen LogP contribution >= 0.6 is 11.6 Å². The van der Waals surface area contributed by atoms with Crippen molar-refractivity contribution in [3.8, 4) is 0 Å². The van der Waals surface area contributed by atoms with Crippen LogP contribution < -0.4 is 0 Å². The van der Waals surface area contributed by atoms with Gasteiger partial charge in [0, 0.05) is 12.4 Å². The van der Waals surface area contributed by atoms with Gasteiger partial charge >= 0.3 is 0 Å². The molecule has 0 aliphatic rings. The summed E-state index contributed by atoms with van der Waals surface area (Å²) >= 11 is 5.09. The second kappa shape index (κ2) is 2.01. The first-order valence-corrected chi connectivity index (χ1v) is 2.51. The van der Waals surface area contributed by atoms with Gasteiger partial charge in [-0.05, 0) is 17.7 Å².